The van der Waals surface area contributed by atoms with Gasteiger partial charge in [0.2, 0.25) is 0 Å². The van der Waals surface area contributed by atoms with Gasteiger partial charge in [0.1, 0.15) is 11.3 Å². The lowest BCUT2D eigenvalue weighted by molar-refractivity contribution is -0.124. The molecule has 1 aliphatic rings. The van der Waals surface area contributed by atoms with E-state index in [1.807, 2.05) is 13.0 Å². The molecule has 0 aromatic heterocycles. The highest BCUT2D eigenvalue weighted by atomic mass is 79.9. The Morgan fingerprint density at radius 1 is 1.52 bits per heavy atom. The van der Waals surface area contributed by atoms with E-state index in [-0.39, 0.29) is 12.5 Å². The number of ether oxygens (including phenoxy) is 1. The Morgan fingerprint density at radius 3 is 2.76 bits per heavy atom. The van der Waals surface area contributed by atoms with Crippen LogP contribution in [-0.4, -0.2) is 18.1 Å². The number of carbonyl (C=O) groups is 1. The van der Waals surface area contributed by atoms with Crippen LogP contribution >= 0.6 is 27.5 Å². The van der Waals surface area contributed by atoms with Gasteiger partial charge >= 0.3 is 0 Å². The molecule has 2 rings (SSSR count). The topological polar surface area (TPSA) is 62.1 Å². The lowest BCUT2D eigenvalue weighted by atomic mass is 10.00. The van der Waals surface area contributed by atoms with Crippen LogP contribution in [0.4, 0.5) is 0 Å². The Labute approximate surface area is 137 Å². The smallest absolute Gasteiger partial charge is 0.259 e. The van der Waals surface area contributed by atoms with E-state index in [9.17, 15) is 10.1 Å². The molecule has 21 heavy (non-hydrogen) atoms. The van der Waals surface area contributed by atoms with Crippen molar-refractivity contribution in [3.63, 3.8) is 0 Å². The number of benzene rings is 1. The van der Waals surface area contributed by atoms with Gasteiger partial charge in [-0.05, 0) is 50.3 Å². The predicted molar refractivity (Wildman–Crippen MR) is 84.3 cm³/mol. The summed E-state index contributed by atoms with van der Waals surface area (Å²) in [7, 11) is 0. The van der Waals surface area contributed by atoms with Crippen LogP contribution in [0.2, 0.25) is 5.02 Å². The summed E-state index contributed by atoms with van der Waals surface area (Å²) in [5.74, 6) is 0.198. The minimum atomic E-state index is -0.723. The lowest BCUT2D eigenvalue weighted by Gasteiger charge is -2.22. The van der Waals surface area contributed by atoms with E-state index in [1.54, 1.807) is 6.07 Å². The molecule has 6 heteroatoms. The monoisotopic (exact) mass is 370 g/mol. The van der Waals surface area contributed by atoms with Crippen LogP contribution in [0, 0.1) is 18.3 Å². The highest BCUT2D eigenvalue weighted by Crippen LogP contribution is 2.32. The minimum Gasteiger partial charge on any atom is -0.482 e. The van der Waals surface area contributed by atoms with Crippen molar-refractivity contribution in [3.8, 4) is 11.8 Å². The first kappa shape index (κ1) is 16.1. The standard InChI is InChI=1S/C15H16BrClN2O2/c1-10-6-11(16)7-12(17)14(10)21-8-13(20)19-15(9-18)4-2-3-5-15/h6-7H,2-5,8H2,1H3,(H,19,20). The zero-order valence-electron chi connectivity index (χ0n) is 11.7. The maximum absolute atomic E-state index is 12.0. The summed E-state index contributed by atoms with van der Waals surface area (Å²) < 4.78 is 6.37. The van der Waals surface area contributed by atoms with Crippen LogP contribution in [0.3, 0.4) is 0 Å². The summed E-state index contributed by atoms with van der Waals surface area (Å²) in [6, 6.07) is 5.80. The molecule has 0 heterocycles. The van der Waals surface area contributed by atoms with Gasteiger partial charge in [0, 0.05) is 4.47 Å². The molecule has 4 nitrogen and oxygen atoms in total. The number of halogens is 2. The van der Waals surface area contributed by atoms with E-state index in [1.165, 1.54) is 0 Å². The van der Waals surface area contributed by atoms with E-state index in [0.29, 0.717) is 23.6 Å². The first-order valence-electron chi connectivity index (χ1n) is 6.76. The highest BCUT2D eigenvalue weighted by Gasteiger charge is 2.35. The third-order valence-corrected chi connectivity index (χ3v) is 4.33. The van der Waals surface area contributed by atoms with E-state index < -0.39 is 5.54 Å². The fourth-order valence-corrected chi connectivity index (χ4v) is 3.58. The van der Waals surface area contributed by atoms with Gasteiger partial charge < -0.3 is 10.1 Å². The number of hydrogen-bond acceptors (Lipinski definition) is 3. The fourth-order valence-electron chi connectivity index (χ4n) is 2.56. The zero-order valence-corrected chi connectivity index (χ0v) is 14.1. The highest BCUT2D eigenvalue weighted by molar-refractivity contribution is 9.10. The molecule has 1 aliphatic carbocycles. The first-order chi connectivity index (χ1) is 9.96. The van der Waals surface area contributed by atoms with Crippen molar-refractivity contribution < 1.29 is 9.53 Å². The molecular formula is C15H16BrClN2O2. The van der Waals surface area contributed by atoms with Crippen molar-refractivity contribution in [2.75, 3.05) is 6.61 Å². The molecule has 0 radical (unpaired) electrons. The molecule has 1 aromatic carbocycles. The van der Waals surface area contributed by atoms with Crippen LogP contribution < -0.4 is 10.1 Å². The summed E-state index contributed by atoms with van der Waals surface area (Å²) >= 11 is 9.45. The number of carbonyl (C=O) groups excluding carboxylic acids is 1. The van der Waals surface area contributed by atoms with Crippen LogP contribution in [0.5, 0.6) is 5.75 Å². The van der Waals surface area contributed by atoms with Crippen molar-refractivity contribution in [3.05, 3.63) is 27.2 Å². The van der Waals surface area contributed by atoms with Crippen molar-refractivity contribution in [2.45, 2.75) is 38.1 Å². The molecule has 0 aliphatic heterocycles. The molecule has 0 saturated heterocycles. The van der Waals surface area contributed by atoms with Crippen molar-refractivity contribution in [2.24, 2.45) is 0 Å². The molecule has 112 valence electrons. The second-order valence-electron chi connectivity index (χ2n) is 5.27. The molecule has 1 N–H and O–H groups in total. The van der Waals surface area contributed by atoms with Crippen LogP contribution in [-0.2, 0) is 4.79 Å². The summed E-state index contributed by atoms with van der Waals surface area (Å²) in [5.41, 5.74) is 0.122. The van der Waals surface area contributed by atoms with Gasteiger partial charge in [-0.3, -0.25) is 4.79 Å². The number of hydrogen-bond donors (Lipinski definition) is 1. The number of nitrogens with zero attached hydrogens (tertiary/aromatic N) is 1. The van der Waals surface area contributed by atoms with Crippen LogP contribution in [0.15, 0.2) is 16.6 Å². The molecule has 1 saturated carbocycles. The number of rotatable bonds is 4. The normalized spacial score (nSPS) is 16.3. The molecule has 0 atom stereocenters. The number of aryl methyl sites for hydroxylation is 1. The van der Waals surface area contributed by atoms with E-state index in [4.69, 9.17) is 16.3 Å². The van der Waals surface area contributed by atoms with E-state index in [2.05, 4.69) is 27.3 Å². The summed E-state index contributed by atoms with van der Waals surface area (Å²) in [6.45, 7) is 1.71. The quantitative estimate of drug-likeness (QED) is 0.877. The minimum absolute atomic E-state index is 0.147. The Hall–Kier alpha value is -1.25. The lowest BCUT2D eigenvalue weighted by Crippen LogP contribution is -2.47. The second-order valence-corrected chi connectivity index (χ2v) is 6.59. The summed E-state index contributed by atoms with van der Waals surface area (Å²) in [4.78, 5) is 12.0. The largest absolute Gasteiger partial charge is 0.482 e. The molecule has 1 aromatic rings. The maximum Gasteiger partial charge on any atom is 0.259 e. The second kappa shape index (κ2) is 6.67. The van der Waals surface area contributed by atoms with Gasteiger partial charge in [-0.2, -0.15) is 5.26 Å². The average molecular weight is 372 g/mol. The van der Waals surface area contributed by atoms with E-state index >= 15 is 0 Å². The van der Waals surface area contributed by atoms with Gasteiger partial charge in [0.15, 0.2) is 6.61 Å². The Bertz CT molecular complexity index is 569. The molecule has 0 unspecified atom stereocenters. The number of nitriles is 1. The molecule has 1 amide bonds. The van der Waals surface area contributed by atoms with Crippen LogP contribution in [0.25, 0.3) is 0 Å². The van der Waals surface area contributed by atoms with Gasteiger partial charge in [-0.25, -0.2) is 0 Å². The fraction of sp³-hybridized carbons (Fsp3) is 0.467. The first-order valence-corrected chi connectivity index (χ1v) is 7.93. The molecule has 1 fully saturated rings. The molecule has 0 bridgehead atoms. The zero-order chi connectivity index (χ0) is 15.5. The van der Waals surface area contributed by atoms with Gasteiger partial charge in [-0.1, -0.05) is 27.5 Å². The third-order valence-electron chi connectivity index (χ3n) is 3.59. The SMILES string of the molecule is Cc1cc(Br)cc(Cl)c1OCC(=O)NC1(C#N)CCCC1. The predicted octanol–water partition coefficient (Wildman–Crippen LogP) is 3.74. The Morgan fingerprint density at radius 2 is 2.19 bits per heavy atom. The summed E-state index contributed by atoms with van der Waals surface area (Å²) in [6.07, 6.45) is 3.33. The molecule has 0 spiro atoms. The van der Waals surface area contributed by atoms with Crippen molar-refractivity contribution >= 4 is 33.4 Å². The molecular weight excluding hydrogens is 356 g/mol. The van der Waals surface area contributed by atoms with Crippen molar-refractivity contribution in [1.29, 1.82) is 5.26 Å². The third kappa shape index (κ3) is 3.90. The average Bonchev–Trinajstić information content (AvgIpc) is 2.86. The van der Waals surface area contributed by atoms with E-state index in [0.717, 1.165) is 22.9 Å². The van der Waals surface area contributed by atoms with Gasteiger partial charge in [-0.15, -0.1) is 0 Å². The van der Waals surface area contributed by atoms with Crippen LogP contribution in [0.1, 0.15) is 31.2 Å². The number of amides is 1. The van der Waals surface area contributed by atoms with Crippen molar-refractivity contribution in [1.82, 2.24) is 5.32 Å². The number of nitrogens with one attached hydrogen (secondary N) is 1. The summed E-state index contributed by atoms with van der Waals surface area (Å²) in [5, 5.41) is 12.5. The Balaban J connectivity index is 1.97. The Kier molecular flexibility index (Phi) is 5.13. The van der Waals surface area contributed by atoms with Gasteiger partial charge in [0.05, 0.1) is 11.1 Å². The maximum atomic E-state index is 12.0. The van der Waals surface area contributed by atoms with Gasteiger partial charge in [0.25, 0.3) is 5.91 Å².